The lowest BCUT2D eigenvalue weighted by molar-refractivity contribution is -0.122. The maximum absolute atomic E-state index is 13.5. The summed E-state index contributed by atoms with van der Waals surface area (Å²) in [5, 5.41) is 11.8. The van der Waals surface area contributed by atoms with Gasteiger partial charge in [0.1, 0.15) is 11.5 Å². The van der Waals surface area contributed by atoms with Crippen LogP contribution in [0.3, 0.4) is 0 Å². The molecule has 1 aliphatic heterocycles. The minimum absolute atomic E-state index is 0.198. The van der Waals surface area contributed by atoms with Crippen LogP contribution in [0.4, 0.5) is 5.69 Å². The number of nitrogens with zero attached hydrogens (tertiary/aromatic N) is 3. The van der Waals surface area contributed by atoms with Crippen molar-refractivity contribution >= 4 is 78.6 Å². The van der Waals surface area contributed by atoms with Crippen LogP contribution in [0.2, 0.25) is 0 Å². The lowest BCUT2D eigenvalue weighted by Crippen LogP contribution is -2.28. The molecule has 0 radical (unpaired) electrons. The Morgan fingerprint density at radius 3 is 2.55 bits per heavy atom. The van der Waals surface area contributed by atoms with Gasteiger partial charge in [-0.1, -0.05) is 61.7 Å². The number of ether oxygens (including phenoxy) is 1. The highest BCUT2D eigenvalue weighted by molar-refractivity contribution is 9.10. The summed E-state index contributed by atoms with van der Waals surface area (Å²) in [5.41, 5.74) is 3.28. The largest absolute Gasteiger partial charge is 0.483 e. The molecule has 0 saturated carbocycles. The van der Waals surface area contributed by atoms with Gasteiger partial charge in [0, 0.05) is 20.2 Å². The van der Waals surface area contributed by atoms with Crippen LogP contribution < -0.4 is 10.1 Å². The van der Waals surface area contributed by atoms with E-state index in [1.165, 1.54) is 16.7 Å². The average Bonchev–Trinajstić information content (AvgIpc) is 3.59. The van der Waals surface area contributed by atoms with Crippen molar-refractivity contribution in [1.29, 1.82) is 0 Å². The van der Waals surface area contributed by atoms with Crippen LogP contribution in [-0.4, -0.2) is 34.7 Å². The normalized spacial score (nSPS) is 15.2. The number of rotatable bonds is 9. The second-order valence-corrected chi connectivity index (χ2v) is 12.0. The molecule has 0 atom stereocenters. The third kappa shape index (κ3) is 7.87. The number of hydrogen-bond acceptors (Lipinski definition) is 7. The first-order chi connectivity index (χ1) is 20.3. The van der Waals surface area contributed by atoms with Crippen LogP contribution in [0.5, 0.6) is 5.75 Å². The number of hydrogen-bond donors (Lipinski definition) is 1. The summed E-state index contributed by atoms with van der Waals surface area (Å²) in [7, 11) is 0. The van der Waals surface area contributed by atoms with Gasteiger partial charge in [-0.3, -0.25) is 14.5 Å². The van der Waals surface area contributed by atoms with Crippen molar-refractivity contribution in [3.8, 4) is 5.75 Å². The molecule has 2 amide bonds. The Bertz CT molecular complexity index is 1670. The zero-order chi connectivity index (χ0) is 29.5. The summed E-state index contributed by atoms with van der Waals surface area (Å²) in [4.78, 5) is 28.0. The molecule has 0 bridgehead atoms. The monoisotopic (exact) mass is 706 g/mol. The minimum Gasteiger partial charge on any atom is -0.483 e. The number of amidine groups is 1. The summed E-state index contributed by atoms with van der Waals surface area (Å²) in [5.74, 6) is 0.515. The third-order valence-electron chi connectivity index (χ3n) is 5.95. The standard InChI is InChI=1S/C31H24Br2N4O4S/c1-20-4-11-25(12-5-20)35-29(38)19-41-27-13-10-24(33)15-22(27)16-28-30(39)37(18-26-3-2-14-40-26)31(42-28)36-34-17-21-6-8-23(32)9-7-21/h2-17H,18-19H2,1H3,(H,35,38)/b28-16-,34-17+,36-31-. The van der Waals surface area contributed by atoms with Crippen LogP contribution >= 0.6 is 43.6 Å². The number of anilines is 1. The number of aryl methyl sites for hydroxylation is 1. The number of carbonyl (C=O) groups is 2. The van der Waals surface area contributed by atoms with E-state index in [-0.39, 0.29) is 25.0 Å². The quantitative estimate of drug-likeness (QED) is 0.110. The van der Waals surface area contributed by atoms with E-state index in [0.717, 1.165) is 20.1 Å². The van der Waals surface area contributed by atoms with Crippen molar-refractivity contribution in [3.05, 3.63) is 121 Å². The number of halogens is 2. The lowest BCUT2D eigenvalue weighted by atomic mass is 10.2. The van der Waals surface area contributed by atoms with Crippen molar-refractivity contribution in [1.82, 2.24) is 4.90 Å². The molecule has 0 aliphatic carbocycles. The van der Waals surface area contributed by atoms with Crippen LogP contribution in [0, 0.1) is 6.92 Å². The maximum Gasteiger partial charge on any atom is 0.267 e. The fraction of sp³-hybridized carbons (Fsp3) is 0.0968. The highest BCUT2D eigenvalue weighted by Crippen LogP contribution is 2.36. The summed E-state index contributed by atoms with van der Waals surface area (Å²) >= 11 is 8.11. The molecule has 5 rings (SSSR count). The van der Waals surface area contributed by atoms with Gasteiger partial charge in [-0.05, 0) is 84.9 Å². The second kappa shape index (κ2) is 13.8. The Kier molecular flexibility index (Phi) is 9.73. The smallest absolute Gasteiger partial charge is 0.267 e. The van der Waals surface area contributed by atoms with Crippen LogP contribution in [0.25, 0.3) is 6.08 Å². The van der Waals surface area contributed by atoms with Crippen LogP contribution in [0.1, 0.15) is 22.5 Å². The molecule has 212 valence electrons. The molecule has 2 heterocycles. The number of thioether (sulfide) groups is 1. The first-order valence-corrected chi connectivity index (χ1v) is 15.1. The summed E-state index contributed by atoms with van der Waals surface area (Å²) < 4.78 is 13.1. The van der Waals surface area contributed by atoms with Gasteiger partial charge in [0.15, 0.2) is 11.8 Å². The van der Waals surface area contributed by atoms with Crippen molar-refractivity contribution in [2.75, 3.05) is 11.9 Å². The van der Waals surface area contributed by atoms with Gasteiger partial charge in [-0.2, -0.15) is 5.10 Å². The number of carbonyl (C=O) groups excluding carboxylic acids is 2. The number of benzene rings is 3. The van der Waals surface area contributed by atoms with Crippen molar-refractivity contribution in [2.45, 2.75) is 13.5 Å². The topological polar surface area (TPSA) is 96.5 Å². The van der Waals surface area contributed by atoms with E-state index in [1.807, 2.05) is 67.6 Å². The molecule has 1 saturated heterocycles. The number of furan rings is 1. The highest BCUT2D eigenvalue weighted by atomic mass is 79.9. The van der Waals surface area contributed by atoms with E-state index < -0.39 is 0 Å². The fourth-order valence-electron chi connectivity index (χ4n) is 3.86. The maximum atomic E-state index is 13.5. The van der Waals surface area contributed by atoms with Gasteiger partial charge in [-0.15, -0.1) is 5.10 Å². The third-order valence-corrected chi connectivity index (χ3v) is 7.97. The predicted molar refractivity (Wildman–Crippen MR) is 173 cm³/mol. The molecule has 0 unspecified atom stereocenters. The number of amides is 2. The summed E-state index contributed by atoms with van der Waals surface area (Å²) in [6.45, 7) is 1.98. The number of nitrogens with one attached hydrogen (secondary N) is 1. The first-order valence-electron chi connectivity index (χ1n) is 12.7. The molecule has 42 heavy (non-hydrogen) atoms. The highest BCUT2D eigenvalue weighted by Gasteiger charge is 2.34. The Hall–Kier alpha value is -3.93. The van der Waals surface area contributed by atoms with Gasteiger partial charge in [0.05, 0.1) is 23.9 Å². The molecule has 8 nitrogen and oxygen atoms in total. The average molecular weight is 708 g/mol. The van der Waals surface area contributed by atoms with Crippen LogP contribution in [-0.2, 0) is 16.1 Å². The molecule has 1 aliphatic rings. The van der Waals surface area contributed by atoms with E-state index in [4.69, 9.17) is 9.15 Å². The second-order valence-electron chi connectivity index (χ2n) is 9.15. The molecule has 3 aromatic carbocycles. The van der Waals surface area contributed by atoms with Gasteiger partial charge >= 0.3 is 0 Å². The molecule has 1 fully saturated rings. The fourth-order valence-corrected chi connectivity index (χ4v) is 5.43. The molecule has 0 spiro atoms. The molecular weight excluding hydrogens is 684 g/mol. The predicted octanol–water partition coefficient (Wildman–Crippen LogP) is 7.64. The first kappa shape index (κ1) is 29.6. The summed E-state index contributed by atoms with van der Waals surface area (Å²) in [6, 6.07) is 24.1. The molecule has 4 aromatic rings. The van der Waals surface area contributed by atoms with Gasteiger partial charge in [0.25, 0.3) is 11.8 Å². The van der Waals surface area contributed by atoms with Crippen molar-refractivity contribution in [3.63, 3.8) is 0 Å². The Balaban J connectivity index is 1.36. The zero-order valence-electron chi connectivity index (χ0n) is 22.3. The zero-order valence-corrected chi connectivity index (χ0v) is 26.3. The Morgan fingerprint density at radius 1 is 1.05 bits per heavy atom. The molecular formula is C31H24Br2N4O4S. The van der Waals surface area contributed by atoms with E-state index in [9.17, 15) is 9.59 Å². The lowest BCUT2D eigenvalue weighted by Gasteiger charge is -2.13. The van der Waals surface area contributed by atoms with Gasteiger partial charge in [-0.25, -0.2) is 0 Å². The van der Waals surface area contributed by atoms with E-state index in [0.29, 0.717) is 32.8 Å². The molecule has 1 aromatic heterocycles. The Morgan fingerprint density at radius 2 is 1.81 bits per heavy atom. The van der Waals surface area contributed by atoms with Crippen LogP contribution in [0.15, 0.2) is 114 Å². The van der Waals surface area contributed by atoms with Crippen molar-refractivity contribution in [2.24, 2.45) is 10.2 Å². The minimum atomic E-state index is -0.297. The van der Waals surface area contributed by atoms with E-state index >= 15 is 0 Å². The SMILES string of the molecule is Cc1ccc(NC(=O)COc2ccc(Br)cc2/C=C2\S/C(=N\N=C\c3ccc(Br)cc3)N(Cc3ccco3)C2=O)cc1. The molecule has 1 N–H and O–H groups in total. The van der Waals surface area contributed by atoms with E-state index in [2.05, 4.69) is 47.4 Å². The Labute approximate surface area is 263 Å². The van der Waals surface area contributed by atoms with Gasteiger partial charge in [0.2, 0.25) is 0 Å². The van der Waals surface area contributed by atoms with Gasteiger partial charge < -0.3 is 14.5 Å². The van der Waals surface area contributed by atoms with E-state index in [1.54, 1.807) is 36.8 Å². The van der Waals surface area contributed by atoms with Crippen molar-refractivity contribution < 1.29 is 18.7 Å². The summed E-state index contributed by atoms with van der Waals surface area (Å²) in [6.07, 6.45) is 4.91. The molecule has 11 heteroatoms.